The van der Waals surface area contributed by atoms with Gasteiger partial charge in [0.25, 0.3) is 0 Å². The third-order valence-electron chi connectivity index (χ3n) is 4.19. The van der Waals surface area contributed by atoms with Crippen molar-refractivity contribution in [1.29, 1.82) is 5.26 Å². The molecule has 0 N–H and O–H groups in total. The Bertz CT molecular complexity index is 635. The van der Waals surface area contributed by atoms with E-state index in [1.165, 1.54) is 30.3 Å². The second-order valence-corrected chi connectivity index (χ2v) is 5.47. The van der Waals surface area contributed by atoms with E-state index in [0.29, 0.717) is 0 Å². The first-order valence-corrected chi connectivity index (χ1v) is 6.92. The molecule has 2 nitrogen and oxygen atoms in total. The van der Waals surface area contributed by atoms with E-state index in [1.54, 1.807) is 0 Å². The topological polar surface area (TPSA) is 27.0 Å². The van der Waals surface area contributed by atoms with Crippen LogP contribution in [0.5, 0.6) is 0 Å². The molecule has 0 saturated heterocycles. The molecule has 0 atom stereocenters. The third-order valence-corrected chi connectivity index (χ3v) is 4.19. The molecule has 0 heterocycles. The van der Waals surface area contributed by atoms with Crippen LogP contribution in [0.4, 0.5) is 5.69 Å². The average molecular weight is 250 g/mol. The molecule has 0 aliphatic heterocycles. The molecule has 3 rings (SSSR count). The SMILES string of the molecule is CN(CC1CCC1)c1ccc(C#N)c2ccccc12. The van der Waals surface area contributed by atoms with Crippen molar-refractivity contribution in [3.8, 4) is 6.07 Å². The van der Waals surface area contributed by atoms with Gasteiger partial charge in [0.1, 0.15) is 0 Å². The molecular formula is C17H18N2. The van der Waals surface area contributed by atoms with Crippen molar-refractivity contribution in [2.24, 2.45) is 5.92 Å². The Hall–Kier alpha value is -2.01. The fourth-order valence-corrected chi connectivity index (χ4v) is 2.87. The van der Waals surface area contributed by atoms with Crippen molar-refractivity contribution >= 4 is 16.5 Å². The van der Waals surface area contributed by atoms with Crippen molar-refractivity contribution < 1.29 is 0 Å². The van der Waals surface area contributed by atoms with Crippen molar-refractivity contribution in [2.75, 3.05) is 18.5 Å². The van der Waals surface area contributed by atoms with Gasteiger partial charge in [-0.1, -0.05) is 30.7 Å². The number of hydrogen-bond acceptors (Lipinski definition) is 2. The molecule has 0 bridgehead atoms. The van der Waals surface area contributed by atoms with Gasteiger partial charge in [-0.15, -0.1) is 0 Å². The molecular weight excluding hydrogens is 232 g/mol. The summed E-state index contributed by atoms with van der Waals surface area (Å²) in [6.07, 6.45) is 4.10. The summed E-state index contributed by atoms with van der Waals surface area (Å²) in [4.78, 5) is 2.34. The zero-order chi connectivity index (χ0) is 13.2. The van der Waals surface area contributed by atoms with E-state index in [4.69, 9.17) is 0 Å². The van der Waals surface area contributed by atoms with Crippen LogP contribution < -0.4 is 4.90 Å². The van der Waals surface area contributed by atoms with Crippen LogP contribution in [0.3, 0.4) is 0 Å². The van der Waals surface area contributed by atoms with Crippen LogP contribution in [-0.2, 0) is 0 Å². The predicted molar refractivity (Wildman–Crippen MR) is 79.3 cm³/mol. The van der Waals surface area contributed by atoms with Crippen molar-refractivity contribution in [1.82, 2.24) is 0 Å². The summed E-state index contributed by atoms with van der Waals surface area (Å²) in [5, 5.41) is 11.4. The molecule has 0 radical (unpaired) electrons. The molecule has 0 aromatic heterocycles. The summed E-state index contributed by atoms with van der Waals surface area (Å²) >= 11 is 0. The molecule has 0 spiro atoms. The number of rotatable bonds is 3. The Balaban J connectivity index is 2.01. The highest BCUT2D eigenvalue weighted by atomic mass is 15.1. The highest BCUT2D eigenvalue weighted by Crippen LogP contribution is 2.32. The molecule has 1 saturated carbocycles. The molecule has 0 unspecified atom stereocenters. The molecule has 1 aliphatic carbocycles. The molecule has 19 heavy (non-hydrogen) atoms. The van der Waals surface area contributed by atoms with Gasteiger partial charge in [0.15, 0.2) is 0 Å². The highest BCUT2D eigenvalue weighted by molar-refractivity contribution is 5.97. The zero-order valence-electron chi connectivity index (χ0n) is 11.3. The maximum absolute atomic E-state index is 9.19. The lowest BCUT2D eigenvalue weighted by atomic mass is 9.85. The number of hydrogen-bond donors (Lipinski definition) is 0. The second kappa shape index (κ2) is 4.93. The summed E-state index contributed by atoms with van der Waals surface area (Å²) in [6, 6.07) is 14.5. The van der Waals surface area contributed by atoms with Gasteiger partial charge >= 0.3 is 0 Å². The van der Waals surface area contributed by atoms with E-state index in [1.807, 2.05) is 24.3 Å². The van der Waals surface area contributed by atoms with Crippen molar-refractivity contribution in [3.63, 3.8) is 0 Å². The quantitative estimate of drug-likeness (QED) is 0.824. The normalized spacial score (nSPS) is 14.9. The lowest BCUT2D eigenvalue weighted by molar-refractivity contribution is 0.321. The van der Waals surface area contributed by atoms with Crippen LogP contribution in [0.25, 0.3) is 10.8 Å². The summed E-state index contributed by atoms with van der Waals surface area (Å²) < 4.78 is 0. The van der Waals surface area contributed by atoms with E-state index < -0.39 is 0 Å². The van der Waals surface area contributed by atoms with Crippen LogP contribution >= 0.6 is 0 Å². The average Bonchev–Trinajstić information content (AvgIpc) is 2.41. The molecule has 2 aromatic carbocycles. The van der Waals surface area contributed by atoms with Crippen LogP contribution in [0, 0.1) is 17.2 Å². The van der Waals surface area contributed by atoms with Gasteiger partial charge in [-0.05, 0) is 30.9 Å². The zero-order valence-corrected chi connectivity index (χ0v) is 11.3. The van der Waals surface area contributed by atoms with E-state index >= 15 is 0 Å². The maximum Gasteiger partial charge on any atom is 0.0998 e. The molecule has 96 valence electrons. The van der Waals surface area contributed by atoms with Gasteiger partial charge < -0.3 is 4.90 Å². The third kappa shape index (κ3) is 2.17. The first-order valence-electron chi connectivity index (χ1n) is 6.92. The molecule has 2 heteroatoms. The van der Waals surface area contributed by atoms with Crippen molar-refractivity contribution in [2.45, 2.75) is 19.3 Å². The fraction of sp³-hybridized carbons (Fsp3) is 0.353. The number of nitriles is 1. The Labute approximate surface area is 114 Å². The Morgan fingerprint density at radius 2 is 1.89 bits per heavy atom. The largest absolute Gasteiger partial charge is 0.374 e. The van der Waals surface area contributed by atoms with Crippen LogP contribution in [-0.4, -0.2) is 13.6 Å². The molecule has 0 amide bonds. The minimum Gasteiger partial charge on any atom is -0.374 e. The van der Waals surface area contributed by atoms with E-state index in [-0.39, 0.29) is 0 Å². The first kappa shape index (κ1) is 12.0. The highest BCUT2D eigenvalue weighted by Gasteiger charge is 2.20. The number of benzene rings is 2. The van der Waals surface area contributed by atoms with Crippen molar-refractivity contribution in [3.05, 3.63) is 42.0 Å². The lowest BCUT2D eigenvalue weighted by Gasteiger charge is -2.32. The summed E-state index contributed by atoms with van der Waals surface area (Å²) in [5.74, 6) is 0.847. The molecule has 2 aromatic rings. The Morgan fingerprint density at radius 3 is 2.53 bits per heavy atom. The van der Waals surface area contributed by atoms with Crippen LogP contribution in [0.1, 0.15) is 24.8 Å². The summed E-state index contributed by atoms with van der Waals surface area (Å²) in [7, 11) is 2.16. The smallest absolute Gasteiger partial charge is 0.0998 e. The van der Waals surface area contributed by atoms with Gasteiger partial charge in [-0.25, -0.2) is 0 Å². The maximum atomic E-state index is 9.19. The Morgan fingerprint density at radius 1 is 1.16 bits per heavy atom. The van der Waals surface area contributed by atoms with Gasteiger partial charge in [-0.3, -0.25) is 0 Å². The minimum absolute atomic E-state index is 0.761. The fourth-order valence-electron chi connectivity index (χ4n) is 2.87. The summed E-state index contributed by atoms with van der Waals surface area (Å²) in [6.45, 7) is 1.12. The Kier molecular flexibility index (Phi) is 3.13. The number of anilines is 1. The monoisotopic (exact) mass is 250 g/mol. The van der Waals surface area contributed by atoms with E-state index in [0.717, 1.165) is 23.4 Å². The molecule has 1 aliphatic rings. The van der Waals surface area contributed by atoms with Gasteiger partial charge in [0, 0.05) is 30.1 Å². The summed E-state index contributed by atoms with van der Waals surface area (Å²) in [5.41, 5.74) is 2.00. The van der Waals surface area contributed by atoms with Gasteiger partial charge in [-0.2, -0.15) is 5.26 Å². The van der Waals surface area contributed by atoms with Crippen LogP contribution in [0.15, 0.2) is 36.4 Å². The van der Waals surface area contributed by atoms with Gasteiger partial charge in [0.05, 0.1) is 11.6 Å². The first-order chi connectivity index (χ1) is 9.29. The lowest BCUT2D eigenvalue weighted by Crippen LogP contribution is -2.29. The number of nitrogens with zero attached hydrogens (tertiary/aromatic N) is 2. The van der Waals surface area contributed by atoms with E-state index in [9.17, 15) is 5.26 Å². The van der Waals surface area contributed by atoms with Crippen LogP contribution in [0.2, 0.25) is 0 Å². The predicted octanol–water partition coefficient (Wildman–Crippen LogP) is 3.95. The minimum atomic E-state index is 0.761. The standard InChI is InChI=1S/C17H18N2/c1-19(12-13-5-4-6-13)17-10-9-14(11-18)15-7-2-3-8-16(15)17/h2-3,7-10,13H,4-6,12H2,1H3. The van der Waals surface area contributed by atoms with E-state index in [2.05, 4.69) is 30.1 Å². The number of fused-ring (bicyclic) bond motifs is 1. The second-order valence-electron chi connectivity index (χ2n) is 5.47. The molecule has 1 fully saturated rings. The van der Waals surface area contributed by atoms with Gasteiger partial charge in [0.2, 0.25) is 0 Å².